The van der Waals surface area contributed by atoms with Crippen LogP contribution in [-0.2, 0) is 19.5 Å². The highest BCUT2D eigenvalue weighted by atomic mass is 19.1. The summed E-state index contributed by atoms with van der Waals surface area (Å²) in [5, 5.41) is 0. The van der Waals surface area contributed by atoms with Crippen LogP contribution in [0.3, 0.4) is 0 Å². The highest BCUT2D eigenvalue weighted by molar-refractivity contribution is 5.24. The third-order valence-electron chi connectivity index (χ3n) is 3.18. The van der Waals surface area contributed by atoms with Gasteiger partial charge >= 0.3 is 0 Å². The first-order chi connectivity index (χ1) is 9.67. The predicted octanol–water partition coefficient (Wildman–Crippen LogP) is 2.35. The number of likely N-dealkylation sites (N-methyl/N-ethyl adjacent to an activating group) is 1. The number of pyridine rings is 1. The van der Waals surface area contributed by atoms with Gasteiger partial charge in [0.25, 0.3) is 0 Å². The molecule has 20 heavy (non-hydrogen) atoms. The van der Waals surface area contributed by atoms with E-state index in [4.69, 9.17) is 5.73 Å². The second-order valence-electron chi connectivity index (χ2n) is 4.98. The lowest BCUT2D eigenvalue weighted by molar-refractivity contribution is 0.329. The van der Waals surface area contributed by atoms with Crippen LogP contribution < -0.4 is 5.73 Å². The highest BCUT2D eigenvalue weighted by Gasteiger charge is 2.04. The maximum Gasteiger partial charge on any atom is 0.123 e. The first-order valence-corrected chi connectivity index (χ1v) is 6.74. The van der Waals surface area contributed by atoms with Crippen LogP contribution in [-0.4, -0.2) is 23.5 Å². The summed E-state index contributed by atoms with van der Waals surface area (Å²) < 4.78 is 13.4. The molecule has 0 saturated carbocycles. The van der Waals surface area contributed by atoms with Gasteiger partial charge in [-0.1, -0.05) is 12.1 Å². The predicted molar refractivity (Wildman–Crippen MR) is 78.6 cm³/mol. The second-order valence-corrected chi connectivity index (χ2v) is 4.98. The minimum Gasteiger partial charge on any atom is -0.326 e. The maximum absolute atomic E-state index is 13.4. The van der Waals surface area contributed by atoms with Crippen molar-refractivity contribution in [3.63, 3.8) is 0 Å². The molecule has 0 aliphatic carbocycles. The minimum atomic E-state index is -0.221. The third-order valence-corrected chi connectivity index (χ3v) is 3.18. The van der Waals surface area contributed by atoms with Crippen LogP contribution >= 0.6 is 0 Å². The van der Waals surface area contributed by atoms with Gasteiger partial charge in [0.1, 0.15) is 5.82 Å². The fourth-order valence-corrected chi connectivity index (χ4v) is 2.17. The van der Waals surface area contributed by atoms with E-state index >= 15 is 0 Å². The third kappa shape index (κ3) is 4.40. The number of hydrogen-bond donors (Lipinski definition) is 1. The van der Waals surface area contributed by atoms with Crippen molar-refractivity contribution in [2.75, 3.05) is 13.6 Å². The first-order valence-electron chi connectivity index (χ1n) is 6.74. The quantitative estimate of drug-likeness (QED) is 0.878. The van der Waals surface area contributed by atoms with Crippen molar-refractivity contribution >= 4 is 0 Å². The molecule has 0 spiro atoms. The van der Waals surface area contributed by atoms with Crippen LogP contribution in [0.25, 0.3) is 0 Å². The molecular weight excluding hydrogens is 253 g/mol. The summed E-state index contributed by atoms with van der Waals surface area (Å²) in [6.45, 7) is 1.95. The Kier molecular flexibility index (Phi) is 5.21. The van der Waals surface area contributed by atoms with Crippen molar-refractivity contribution < 1.29 is 4.39 Å². The minimum absolute atomic E-state index is 0.221. The molecule has 1 aromatic heterocycles. The molecule has 0 amide bonds. The summed E-state index contributed by atoms with van der Waals surface area (Å²) in [4.78, 5) is 6.45. The van der Waals surface area contributed by atoms with Crippen molar-refractivity contribution in [1.82, 2.24) is 9.88 Å². The molecule has 2 N–H and O–H groups in total. The SMILES string of the molecule is CN(CCc1ccccn1)Cc1cc(F)cc(CN)c1. The van der Waals surface area contributed by atoms with Crippen LogP contribution in [0.4, 0.5) is 4.39 Å². The summed E-state index contributed by atoms with van der Waals surface area (Å²) in [5.41, 5.74) is 8.42. The Hall–Kier alpha value is -1.78. The number of hydrogen-bond acceptors (Lipinski definition) is 3. The Morgan fingerprint density at radius 3 is 2.70 bits per heavy atom. The first kappa shape index (κ1) is 14.6. The van der Waals surface area contributed by atoms with Gasteiger partial charge in [0.2, 0.25) is 0 Å². The van der Waals surface area contributed by atoms with E-state index in [2.05, 4.69) is 9.88 Å². The monoisotopic (exact) mass is 273 g/mol. The van der Waals surface area contributed by atoms with Crippen molar-refractivity contribution in [2.24, 2.45) is 5.73 Å². The number of halogens is 1. The molecule has 0 bridgehead atoms. The molecule has 2 rings (SSSR count). The highest BCUT2D eigenvalue weighted by Crippen LogP contribution is 2.11. The molecule has 1 heterocycles. The van der Waals surface area contributed by atoms with E-state index in [1.165, 1.54) is 6.07 Å². The fraction of sp³-hybridized carbons (Fsp3) is 0.312. The number of benzene rings is 1. The molecule has 0 radical (unpaired) electrons. The zero-order valence-corrected chi connectivity index (χ0v) is 11.7. The van der Waals surface area contributed by atoms with Gasteiger partial charge in [-0.25, -0.2) is 4.39 Å². The Balaban J connectivity index is 1.91. The standard InChI is InChI=1S/C16H20FN3/c1-20(7-5-16-4-2-3-6-19-16)12-14-8-13(11-18)9-15(17)10-14/h2-4,6,8-10H,5,7,11-12,18H2,1H3. The summed E-state index contributed by atoms with van der Waals surface area (Å²) in [6, 6.07) is 10.9. The summed E-state index contributed by atoms with van der Waals surface area (Å²) in [5.74, 6) is -0.221. The Morgan fingerprint density at radius 1 is 1.20 bits per heavy atom. The lowest BCUT2D eigenvalue weighted by Crippen LogP contribution is -2.21. The van der Waals surface area contributed by atoms with E-state index in [1.54, 1.807) is 12.3 Å². The molecule has 0 atom stereocenters. The molecule has 106 valence electrons. The Bertz CT molecular complexity index is 543. The Labute approximate surface area is 119 Å². The zero-order chi connectivity index (χ0) is 14.4. The Morgan fingerprint density at radius 2 is 2.00 bits per heavy atom. The molecule has 0 unspecified atom stereocenters. The van der Waals surface area contributed by atoms with E-state index < -0.39 is 0 Å². The molecule has 2 aromatic rings. The molecule has 4 heteroatoms. The van der Waals surface area contributed by atoms with E-state index in [0.717, 1.165) is 29.8 Å². The van der Waals surface area contributed by atoms with Crippen molar-refractivity contribution in [3.05, 3.63) is 65.2 Å². The summed E-state index contributed by atoms with van der Waals surface area (Å²) in [6.07, 6.45) is 2.69. The van der Waals surface area contributed by atoms with Gasteiger partial charge in [-0.3, -0.25) is 4.98 Å². The smallest absolute Gasteiger partial charge is 0.123 e. The maximum atomic E-state index is 13.4. The van der Waals surface area contributed by atoms with Gasteiger partial charge in [-0.2, -0.15) is 0 Å². The van der Waals surface area contributed by atoms with Crippen molar-refractivity contribution in [1.29, 1.82) is 0 Å². The number of rotatable bonds is 6. The summed E-state index contributed by atoms with van der Waals surface area (Å²) >= 11 is 0. The van der Waals surface area contributed by atoms with Gasteiger partial charge in [0.05, 0.1) is 0 Å². The average molecular weight is 273 g/mol. The molecule has 3 nitrogen and oxygen atoms in total. The number of nitrogens with two attached hydrogens (primary N) is 1. The topological polar surface area (TPSA) is 42.2 Å². The fourth-order valence-electron chi connectivity index (χ4n) is 2.17. The van der Waals surface area contributed by atoms with Crippen LogP contribution in [0.2, 0.25) is 0 Å². The van der Waals surface area contributed by atoms with Gasteiger partial charge in [0, 0.05) is 37.9 Å². The molecule has 0 aliphatic rings. The van der Waals surface area contributed by atoms with E-state index in [9.17, 15) is 4.39 Å². The average Bonchev–Trinajstić information content (AvgIpc) is 2.45. The van der Waals surface area contributed by atoms with Crippen molar-refractivity contribution in [2.45, 2.75) is 19.5 Å². The van der Waals surface area contributed by atoms with Crippen molar-refractivity contribution in [3.8, 4) is 0 Å². The molecule has 1 aromatic carbocycles. The largest absolute Gasteiger partial charge is 0.326 e. The van der Waals surface area contributed by atoms with Crippen LogP contribution in [0.15, 0.2) is 42.6 Å². The van der Waals surface area contributed by atoms with Gasteiger partial charge in [-0.05, 0) is 42.4 Å². The normalized spacial score (nSPS) is 11.0. The lowest BCUT2D eigenvalue weighted by Gasteiger charge is -2.17. The lowest BCUT2D eigenvalue weighted by atomic mass is 10.1. The summed E-state index contributed by atoms with van der Waals surface area (Å²) in [7, 11) is 2.02. The molecule has 0 saturated heterocycles. The second kappa shape index (κ2) is 7.12. The van der Waals surface area contributed by atoms with E-state index in [0.29, 0.717) is 13.1 Å². The van der Waals surface area contributed by atoms with Crippen LogP contribution in [0.1, 0.15) is 16.8 Å². The van der Waals surface area contributed by atoms with E-state index in [1.807, 2.05) is 31.3 Å². The number of nitrogens with zero attached hydrogens (tertiary/aromatic N) is 2. The van der Waals surface area contributed by atoms with Gasteiger partial charge in [-0.15, -0.1) is 0 Å². The zero-order valence-electron chi connectivity index (χ0n) is 11.7. The number of aromatic nitrogens is 1. The molecule has 0 aliphatic heterocycles. The molecular formula is C16H20FN3. The van der Waals surface area contributed by atoms with E-state index in [-0.39, 0.29) is 5.82 Å². The van der Waals surface area contributed by atoms with Crippen LogP contribution in [0, 0.1) is 5.82 Å². The van der Waals surface area contributed by atoms with Gasteiger partial charge < -0.3 is 10.6 Å². The van der Waals surface area contributed by atoms with Crippen LogP contribution in [0.5, 0.6) is 0 Å². The molecule has 0 fully saturated rings. The van der Waals surface area contributed by atoms with Gasteiger partial charge in [0.15, 0.2) is 0 Å².